The lowest BCUT2D eigenvalue weighted by atomic mass is 10.2. The van der Waals surface area contributed by atoms with Crippen LogP contribution in [0.2, 0.25) is 0 Å². The number of ether oxygens (including phenoxy) is 1. The summed E-state index contributed by atoms with van der Waals surface area (Å²) in [6.07, 6.45) is 0.297. The quantitative estimate of drug-likeness (QED) is 0.427. The third-order valence-electron chi connectivity index (χ3n) is 2.73. The van der Waals surface area contributed by atoms with Crippen LogP contribution in [0.25, 0.3) is 0 Å². The number of anilines is 1. The van der Waals surface area contributed by atoms with Crippen LogP contribution in [0.3, 0.4) is 0 Å². The van der Waals surface area contributed by atoms with Gasteiger partial charge in [0.1, 0.15) is 0 Å². The van der Waals surface area contributed by atoms with E-state index in [-0.39, 0.29) is 11.6 Å². The number of non-ortho nitro benzene ring substituents is 1. The van der Waals surface area contributed by atoms with Gasteiger partial charge in [0.15, 0.2) is 0 Å². The largest absolute Gasteiger partial charge is 0.384 e. The first-order valence-electron chi connectivity index (χ1n) is 6.29. The average molecular weight is 281 g/mol. The first-order valence-corrected chi connectivity index (χ1v) is 6.29. The van der Waals surface area contributed by atoms with E-state index in [2.05, 4.69) is 10.6 Å². The maximum Gasteiger partial charge on any atom is 0.271 e. The molecule has 7 heteroatoms. The van der Waals surface area contributed by atoms with Gasteiger partial charge in [0.05, 0.1) is 11.5 Å². The number of rotatable bonds is 8. The van der Waals surface area contributed by atoms with E-state index in [0.717, 1.165) is 5.56 Å². The maximum atomic E-state index is 11.5. The number of amides is 1. The smallest absolute Gasteiger partial charge is 0.271 e. The number of nitrogens with one attached hydrogen (secondary N) is 2. The SMILES string of the molecule is COCCNC(=O)CCNc1cc([N+](=O)[O-])ccc1C. The number of hydrogen-bond donors (Lipinski definition) is 2. The second-order valence-corrected chi connectivity index (χ2v) is 4.28. The second kappa shape index (κ2) is 8.11. The lowest BCUT2D eigenvalue weighted by molar-refractivity contribution is -0.384. The van der Waals surface area contributed by atoms with Gasteiger partial charge >= 0.3 is 0 Å². The van der Waals surface area contributed by atoms with Crippen molar-refractivity contribution in [3.8, 4) is 0 Å². The van der Waals surface area contributed by atoms with E-state index >= 15 is 0 Å². The fourth-order valence-corrected chi connectivity index (χ4v) is 1.61. The van der Waals surface area contributed by atoms with E-state index in [1.807, 2.05) is 6.92 Å². The fraction of sp³-hybridized carbons (Fsp3) is 0.462. The lowest BCUT2D eigenvalue weighted by Crippen LogP contribution is -2.28. The molecule has 0 radical (unpaired) electrons. The maximum absolute atomic E-state index is 11.5. The number of benzene rings is 1. The van der Waals surface area contributed by atoms with Crippen LogP contribution >= 0.6 is 0 Å². The highest BCUT2D eigenvalue weighted by Gasteiger charge is 2.08. The van der Waals surface area contributed by atoms with Gasteiger partial charge in [-0.1, -0.05) is 6.07 Å². The molecule has 0 unspecified atom stereocenters. The van der Waals surface area contributed by atoms with E-state index in [0.29, 0.717) is 31.8 Å². The molecule has 1 amide bonds. The van der Waals surface area contributed by atoms with Crippen LogP contribution < -0.4 is 10.6 Å². The molecular formula is C13H19N3O4. The van der Waals surface area contributed by atoms with Crippen LogP contribution in [0.4, 0.5) is 11.4 Å². The number of aryl methyl sites for hydroxylation is 1. The highest BCUT2D eigenvalue weighted by atomic mass is 16.6. The molecule has 0 spiro atoms. The van der Waals surface area contributed by atoms with Crippen molar-refractivity contribution in [2.75, 3.05) is 32.1 Å². The normalized spacial score (nSPS) is 10.1. The van der Waals surface area contributed by atoms with E-state index in [1.165, 1.54) is 12.1 Å². The highest BCUT2D eigenvalue weighted by Crippen LogP contribution is 2.21. The molecule has 0 bridgehead atoms. The van der Waals surface area contributed by atoms with Crippen LogP contribution in [-0.2, 0) is 9.53 Å². The Morgan fingerprint density at radius 3 is 2.80 bits per heavy atom. The molecule has 0 aliphatic heterocycles. The Hall–Kier alpha value is -2.15. The van der Waals surface area contributed by atoms with Crippen LogP contribution in [0.1, 0.15) is 12.0 Å². The van der Waals surface area contributed by atoms with Gasteiger partial charge in [0.25, 0.3) is 5.69 Å². The van der Waals surface area contributed by atoms with Gasteiger partial charge in [-0.2, -0.15) is 0 Å². The number of methoxy groups -OCH3 is 1. The number of nitro groups is 1. The lowest BCUT2D eigenvalue weighted by Gasteiger charge is -2.09. The number of nitrogens with zero attached hydrogens (tertiary/aromatic N) is 1. The van der Waals surface area contributed by atoms with Crippen LogP contribution in [0.15, 0.2) is 18.2 Å². The second-order valence-electron chi connectivity index (χ2n) is 4.28. The van der Waals surface area contributed by atoms with Crippen LogP contribution in [0.5, 0.6) is 0 Å². The van der Waals surface area contributed by atoms with Crippen LogP contribution in [0, 0.1) is 17.0 Å². The van der Waals surface area contributed by atoms with Crippen molar-refractivity contribution in [3.05, 3.63) is 33.9 Å². The number of carbonyl (C=O) groups excluding carboxylic acids is 1. The summed E-state index contributed by atoms with van der Waals surface area (Å²) in [5, 5.41) is 16.4. The molecule has 0 fully saturated rings. The predicted molar refractivity (Wildman–Crippen MR) is 75.8 cm³/mol. The summed E-state index contributed by atoms with van der Waals surface area (Å²) < 4.78 is 4.82. The fourth-order valence-electron chi connectivity index (χ4n) is 1.61. The molecule has 0 aliphatic carbocycles. The van der Waals surface area contributed by atoms with Crippen LogP contribution in [-0.4, -0.2) is 37.6 Å². The van der Waals surface area contributed by atoms with E-state index < -0.39 is 4.92 Å². The van der Waals surface area contributed by atoms with Crippen molar-refractivity contribution in [1.82, 2.24) is 5.32 Å². The third-order valence-corrected chi connectivity index (χ3v) is 2.73. The Kier molecular flexibility index (Phi) is 6.45. The van der Waals surface area contributed by atoms with Crippen molar-refractivity contribution in [2.45, 2.75) is 13.3 Å². The first-order chi connectivity index (χ1) is 9.54. The molecule has 110 valence electrons. The summed E-state index contributed by atoms with van der Waals surface area (Å²) in [5.74, 6) is -0.0855. The minimum Gasteiger partial charge on any atom is -0.384 e. The predicted octanol–water partition coefficient (Wildman–Crippen LogP) is 1.47. The molecule has 1 aromatic rings. The molecule has 1 rings (SSSR count). The summed E-state index contributed by atoms with van der Waals surface area (Å²) in [7, 11) is 1.57. The van der Waals surface area contributed by atoms with Gasteiger partial charge in [0.2, 0.25) is 5.91 Å². The zero-order chi connectivity index (χ0) is 15.0. The zero-order valence-electron chi connectivity index (χ0n) is 11.6. The molecule has 0 atom stereocenters. The molecule has 0 saturated carbocycles. The molecule has 0 heterocycles. The van der Waals surface area contributed by atoms with Gasteiger partial charge in [0, 0.05) is 44.4 Å². The summed E-state index contributed by atoms with van der Waals surface area (Å²) >= 11 is 0. The molecule has 7 nitrogen and oxygen atoms in total. The summed E-state index contributed by atoms with van der Waals surface area (Å²) in [5.41, 5.74) is 1.60. The summed E-state index contributed by atoms with van der Waals surface area (Å²) in [4.78, 5) is 21.7. The molecule has 20 heavy (non-hydrogen) atoms. The minimum absolute atomic E-state index is 0.0302. The third kappa shape index (κ3) is 5.23. The standard InChI is InChI=1S/C13H19N3O4/c1-10-3-4-11(16(18)19)9-12(10)14-6-5-13(17)15-7-8-20-2/h3-4,9,14H,5-8H2,1-2H3,(H,15,17). The highest BCUT2D eigenvalue weighted by molar-refractivity contribution is 5.76. The first kappa shape index (κ1) is 15.9. The van der Waals surface area contributed by atoms with Crippen molar-refractivity contribution < 1.29 is 14.5 Å². The van der Waals surface area contributed by atoms with Crippen molar-refractivity contribution in [3.63, 3.8) is 0 Å². The number of hydrogen-bond acceptors (Lipinski definition) is 5. The van der Waals surface area contributed by atoms with Crippen molar-refractivity contribution in [2.24, 2.45) is 0 Å². The van der Waals surface area contributed by atoms with Crippen molar-refractivity contribution in [1.29, 1.82) is 0 Å². The average Bonchev–Trinajstić information content (AvgIpc) is 2.41. The molecule has 1 aromatic carbocycles. The monoisotopic (exact) mass is 281 g/mol. The van der Waals surface area contributed by atoms with E-state index in [4.69, 9.17) is 4.74 Å². The Morgan fingerprint density at radius 2 is 2.15 bits per heavy atom. The van der Waals surface area contributed by atoms with E-state index in [9.17, 15) is 14.9 Å². The zero-order valence-corrected chi connectivity index (χ0v) is 11.6. The Balaban J connectivity index is 2.43. The molecule has 2 N–H and O–H groups in total. The molecule has 0 aromatic heterocycles. The number of nitro benzene ring substituents is 1. The van der Waals surface area contributed by atoms with Gasteiger partial charge in [-0.15, -0.1) is 0 Å². The summed E-state index contributed by atoms with van der Waals surface area (Å²) in [6.45, 7) is 3.22. The van der Waals surface area contributed by atoms with Gasteiger partial charge in [-0.05, 0) is 12.5 Å². The van der Waals surface area contributed by atoms with Gasteiger partial charge < -0.3 is 15.4 Å². The van der Waals surface area contributed by atoms with E-state index in [1.54, 1.807) is 13.2 Å². The molecule has 0 saturated heterocycles. The van der Waals surface area contributed by atoms with Gasteiger partial charge in [-0.25, -0.2) is 0 Å². The Bertz CT molecular complexity index is 477. The molecule has 0 aliphatic rings. The Labute approximate surface area is 117 Å². The topological polar surface area (TPSA) is 93.5 Å². The molecular weight excluding hydrogens is 262 g/mol. The number of carbonyl (C=O) groups is 1. The Morgan fingerprint density at radius 1 is 1.40 bits per heavy atom. The minimum atomic E-state index is -0.442. The van der Waals surface area contributed by atoms with Crippen molar-refractivity contribution >= 4 is 17.3 Å². The summed E-state index contributed by atoms with van der Waals surface area (Å²) in [6, 6.07) is 4.61. The van der Waals surface area contributed by atoms with Gasteiger partial charge in [-0.3, -0.25) is 14.9 Å².